The molecule has 1 atom stereocenters. The molecule has 0 saturated carbocycles. The Morgan fingerprint density at radius 2 is 1.76 bits per heavy atom. The first-order valence-corrected chi connectivity index (χ1v) is 9.13. The average molecular weight is 451 g/mol. The summed E-state index contributed by atoms with van der Waals surface area (Å²) in [5.41, 5.74) is 8.10. The number of hydrogen-bond acceptors (Lipinski definition) is 2. The van der Waals surface area contributed by atoms with Crippen molar-refractivity contribution in [2.45, 2.75) is 10.0 Å². The molecule has 0 bridgehead atoms. The van der Waals surface area contributed by atoms with Crippen LogP contribution in [0.5, 0.6) is 11.5 Å². The summed E-state index contributed by atoms with van der Waals surface area (Å²) < 4.78 is 11.5. The minimum atomic E-state index is 0. The number of methoxy groups -OCH3 is 2. The molecule has 1 unspecified atom stereocenters. The first-order chi connectivity index (χ1) is 11.2. The van der Waals surface area contributed by atoms with Gasteiger partial charge in [-0.15, -0.1) is 0 Å². The van der Waals surface area contributed by atoms with Crippen molar-refractivity contribution < 1.29 is 59.0 Å². The molecular weight excluding hydrogens is 434 g/mol. The normalized spacial score (nSPS) is 16.3. The maximum absolute atomic E-state index is 5.69. The minimum absolute atomic E-state index is 0. The van der Waals surface area contributed by atoms with E-state index < -0.39 is 0 Å². The molecule has 2 aliphatic rings. The smallest absolute Gasteiger partial charge is 1.00 e. The molecule has 0 amide bonds. The zero-order valence-electron chi connectivity index (χ0n) is 14.0. The van der Waals surface area contributed by atoms with Gasteiger partial charge in [0.15, 0.2) is 0 Å². The third-order valence-corrected chi connectivity index (χ3v) is 6.14. The Morgan fingerprint density at radius 3 is 2.40 bits per heavy atom. The van der Waals surface area contributed by atoms with E-state index in [1.165, 1.54) is 58.1 Å². The quantitative estimate of drug-likeness (QED) is 0.576. The molecule has 0 aliphatic heterocycles. The van der Waals surface area contributed by atoms with E-state index in [-0.39, 0.29) is 24.8 Å². The van der Waals surface area contributed by atoms with E-state index in [9.17, 15) is 0 Å². The van der Waals surface area contributed by atoms with Crippen LogP contribution in [0.4, 0.5) is 0 Å². The van der Waals surface area contributed by atoms with Gasteiger partial charge in [0.25, 0.3) is 0 Å². The number of benzene rings is 2. The summed E-state index contributed by atoms with van der Waals surface area (Å²) >= 11 is 1.49. The number of hydrogen-bond donors (Lipinski definition) is 0. The predicted octanol–water partition coefficient (Wildman–Crippen LogP) is -1.33. The molecule has 0 aromatic heterocycles. The van der Waals surface area contributed by atoms with E-state index in [0.717, 1.165) is 17.9 Å². The van der Waals surface area contributed by atoms with Crippen LogP contribution in [0.15, 0.2) is 48.6 Å². The van der Waals surface area contributed by atoms with Gasteiger partial charge in [-0.25, -0.2) is 0 Å². The van der Waals surface area contributed by atoms with E-state index in [1.54, 1.807) is 14.2 Å². The third-order valence-electron chi connectivity index (χ3n) is 4.67. The molecule has 5 heteroatoms. The molecule has 0 heterocycles. The second kappa shape index (κ2) is 8.12. The number of allylic oxidation sites excluding steroid dienone is 4. The van der Waals surface area contributed by atoms with Crippen molar-refractivity contribution >= 4 is 5.57 Å². The van der Waals surface area contributed by atoms with Gasteiger partial charge in [-0.1, -0.05) is 0 Å². The summed E-state index contributed by atoms with van der Waals surface area (Å²) in [6, 6.07) is 10.7. The van der Waals surface area contributed by atoms with Crippen molar-refractivity contribution in [3.63, 3.8) is 0 Å². The Hall–Kier alpha value is -1.02. The largest absolute Gasteiger partial charge is 1.00 e. The molecule has 2 aliphatic carbocycles. The Bertz CT molecular complexity index is 859. The van der Waals surface area contributed by atoms with Gasteiger partial charge in [0.2, 0.25) is 0 Å². The fraction of sp³-hybridized carbons (Fsp3) is 0.200. The van der Waals surface area contributed by atoms with Gasteiger partial charge < -0.3 is 24.8 Å². The summed E-state index contributed by atoms with van der Waals surface area (Å²) in [5, 5.41) is 0. The monoisotopic (exact) mass is 449 g/mol. The summed E-state index contributed by atoms with van der Waals surface area (Å²) in [7, 11) is 3.49. The maximum Gasteiger partial charge on any atom is -1.00 e. The molecule has 25 heavy (non-hydrogen) atoms. The fourth-order valence-electron chi connectivity index (χ4n) is 3.58. The zero-order chi connectivity index (χ0) is 16.0. The molecule has 0 fully saturated rings. The van der Waals surface area contributed by atoms with Crippen LogP contribution in [-0.2, 0) is 24.7 Å². The molecule has 0 spiro atoms. The minimum Gasteiger partial charge on any atom is -1.00 e. The Morgan fingerprint density at radius 1 is 1.00 bits per heavy atom. The molecule has 2 aromatic carbocycles. The first-order valence-electron chi connectivity index (χ1n) is 7.71. The number of fused-ring (bicyclic) bond motifs is 3. The molecule has 127 valence electrons. The number of rotatable bonds is 3. The molecule has 0 radical (unpaired) electrons. The predicted molar refractivity (Wildman–Crippen MR) is 88.6 cm³/mol. The van der Waals surface area contributed by atoms with Crippen molar-refractivity contribution in [1.29, 1.82) is 0 Å². The van der Waals surface area contributed by atoms with Crippen molar-refractivity contribution in [2.75, 3.05) is 14.2 Å². The second-order valence-electron chi connectivity index (χ2n) is 5.81. The van der Waals surface area contributed by atoms with Gasteiger partial charge in [0.1, 0.15) is 0 Å². The van der Waals surface area contributed by atoms with Crippen molar-refractivity contribution in [3.05, 3.63) is 65.3 Å². The Kier molecular flexibility index (Phi) is 6.59. The average Bonchev–Trinajstić information content (AvgIpc) is 3.21. The van der Waals surface area contributed by atoms with Crippen molar-refractivity contribution in [1.82, 2.24) is 0 Å². The van der Waals surface area contributed by atoms with E-state index >= 15 is 0 Å². The van der Waals surface area contributed by atoms with Crippen molar-refractivity contribution in [3.8, 4) is 22.6 Å². The van der Waals surface area contributed by atoms with Crippen LogP contribution in [0, 0.1) is 0 Å². The van der Waals surface area contributed by atoms with Gasteiger partial charge >= 0.3 is 152 Å². The first kappa shape index (κ1) is 20.3. The summed E-state index contributed by atoms with van der Waals surface area (Å²) in [5.74, 6) is 1.91. The standard InChI is InChI=1S/C20H17O2.2ClH.Zr/c1-21-15-7-8-16-14(11-15)12-18-17(16)9-10-19(22-2)20(18)13-5-3-4-6-13;;;/h3-5,7-12H,6H2,1-2H3;2*1H;/q;;;+2/p-2. The molecule has 0 N–H and O–H groups in total. The molecule has 0 saturated heterocycles. The van der Waals surface area contributed by atoms with Crippen LogP contribution in [-0.4, -0.2) is 14.2 Å². The SMILES string of the molecule is COc1ccc2c(c1)[CH]([Zr+2])c1c-2ccc(OC)c1C1=CC=CC1.[Cl-].[Cl-]. The molecule has 4 rings (SSSR count). The number of halogens is 2. The molecular formula is C20H17Cl2O2Zr. The van der Waals surface area contributed by atoms with E-state index in [4.69, 9.17) is 9.47 Å². The topological polar surface area (TPSA) is 18.5 Å². The van der Waals surface area contributed by atoms with Gasteiger partial charge in [0.05, 0.1) is 0 Å². The molecule has 2 aromatic rings. The summed E-state index contributed by atoms with van der Waals surface area (Å²) in [6.07, 6.45) is 7.54. The van der Waals surface area contributed by atoms with Crippen LogP contribution in [0.2, 0.25) is 0 Å². The van der Waals surface area contributed by atoms with E-state index in [2.05, 4.69) is 48.6 Å². The molecule has 2 nitrogen and oxygen atoms in total. The van der Waals surface area contributed by atoms with Crippen LogP contribution in [0.1, 0.15) is 26.7 Å². The van der Waals surface area contributed by atoms with Gasteiger partial charge in [-0.05, 0) is 0 Å². The fourth-order valence-corrected chi connectivity index (χ4v) is 4.90. The van der Waals surface area contributed by atoms with Gasteiger partial charge in [-0.2, -0.15) is 0 Å². The maximum atomic E-state index is 5.69. The van der Waals surface area contributed by atoms with E-state index in [1.807, 2.05) is 0 Å². The second-order valence-corrected chi connectivity index (χ2v) is 7.23. The summed E-state index contributed by atoms with van der Waals surface area (Å²) in [6.45, 7) is 0. The zero-order valence-corrected chi connectivity index (χ0v) is 17.9. The third kappa shape index (κ3) is 3.23. The van der Waals surface area contributed by atoms with Crippen LogP contribution < -0.4 is 34.3 Å². The van der Waals surface area contributed by atoms with Crippen LogP contribution >= 0.6 is 0 Å². The van der Waals surface area contributed by atoms with E-state index in [0.29, 0.717) is 3.63 Å². The van der Waals surface area contributed by atoms with Gasteiger partial charge in [0, 0.05) is 0 Å². The van der Waals surface area contributed by atoms with Gasteiger partial charge in [-0.3, -0.25) is 0 Å². The van der Waals surface area contributed by atoms with Crippen LogP contribution in [0.3, 0.4) is 0 Å². The Balaban J connectivity index is 0.00000113. The number of ether oxygens (including phenoxy) is 2. The van der Waals surface area contributed by atoms with Crippen molar-refractivity contribution in [2.24, 2.45) is 0 Å². The van der Waals surface area contributed by atoms with Crippen LogP contribution in [0.25, 0.3) is 16.7 Å². The Labute approximate surface area is 176 Å². The summed E-state index contributed by atoms with van der Waals surface area (Å²) in [4.78, 5) is 0.